The highest BCUT2D eigenvalue weighted by atomic mass is 14.9. The van der Waals surface area contributed by atoms with Gasteiger partial charge in [-0.15, -0.1) is 0 Å². The normalized spacial score (nSPS) is 13.1. The minimum Gasteiger partial charge on any atom is -0.310 e. The zero-order valence-electron chi connectivity index (χ0n) is 13.7. The molecule has 0 heterocycles. The first kappa shape index (κ1) is 15.8. The Morgan fingerprint density at radius 2 is 1.57 bits per heavy atom. The van der Waals surface area contributed by atoms with Gasteiger partial charge in [0.2, 0.25) is 0 Å². The lowest BCUT2D eigenvalue weighted by Gasteiger charge is -2.29. The lowest BCUT2D eigenvalue weighted by Crippen LogP contribution is -2.32. The summed E-state index contributed by atoms with van der Waals surface area (Å²) in [4.78, 5) is 0. The molecule has 2 rings (SSSR count). The molecule has 0 aliphatic carbocycles. The lowest BCUT2D eigenvalue weighted by molar-refractivity contribution is 0.388. The van der Waals surface area contributed by atoms with Crippen LogP contribution < -0.4 is 5.32 Å². The summed E-state index contributed by atoms with van der Waals surface area (Å²) in [6.45, 7) is 9.99. The Balaban J connectivity index is 1.89. The average Bonchev–Trinajstić information content (AvgIpc) is 2.47. The summed E-state index contributed by atoms with van der Waals surface area (Å²) in [5, 5.41) is 3.64. The Bertz CT molecular complexity index is 540. The molecule has 1 atom stereocenters. The van der Waals surface area contributed by atoms with Crippen molar-refractivity contribution in [3.05, 3.63) is 71.3 Å². The van der Waals surface area contributed by atoms with Crippen LogP contribution in [0.3, 0.4) is 0 Å². The molecule has 0 saturated heterocycles. The van der Waals surface area contributed by atoms with Crippen LogP contribution in [-0.2, 0) is 12.0 Å². The van der Waals surface area contributed by atoms with Gasteiger partial charge in [-0.2, -0.15) is 0 Å². The number of benzene rings is 2. The zero-order chi connectivity index (χ0) is 15.3. The van der Waals surface area contributed by atoms with E-state index in [-0.39, 0.29) is 5.41 Å². The van der Waals surface area contributed by atoms with Gasteiger partial charge >= 0.3 is 0 Å². The van der Waals surface area contributed by atoms with Gasteiger partial charge < -0.3 is 5.32 Å². The van der Waals surface area contributed by atoms with Crippen molar-refractivity contribution in [1.29, 1.82) is 0 Å². The molecule has 0 saturated carbocycles. The van der Waals surface area contributed by atoms with Crippen molar-refractivity contribution < 1.29 is 0 Å². The van der Waals surface area contributed by atoms with Gasteiger partial charge in [0.05, 0.1) is 0 Å². The Morgan fingerprint density at radius 1 is 0.952 bits per heavy atom. The molecule has 2 aromatic carbocycles. The number of nitrogens with one attached hydrogen (secondary N) is 1. The van der Waals surface area contributed by atoms with E-state index in [2.05, 4.69) is 87.6 Å². The van der Waals surface area contributed by atoms with Crippen molar-refractivity contribution in [2.24, 2.45) is 0 Å². The minimum atomic E-state index is 0.195. The number of rotatable bonds is 6. The van der Waals surface area contributed by atoms with E-state index in [1.54, 1.807) is 0 Å². The van der Waals surface area contributed by atoms with E-state index in [4.69, 9.17) is 0 Å². The molecule has 21 heavy (non-hydrogen) atoms. The standard InChI is InChI=1S/C20H27N/c1-16-10-12-18(13-11-16)15-21-17(2)14-20(3,4)19-8-6-5-7-9-19/h5-13,17,21H,14-15H2,1-4H3. The summed E-state index contributed by atoms with van der Waals surface area (Å²) in [7, 11) is 0. The first-order valence-corrected chi connectivity index (χ1v) is 7.82. The molecule has 0 aliphatic heterocycles. The molecule has 0 aliphatic rings. The van der Waals surface area contributed by atoms with Gasteiger partial charge in [0.1, 0.15) is 0 Å². The summed E-state index contributed by atoms with van der Waals surface area (Å²) in [6.07, 6.45) is 1.13. The average molecular weight is 281 g/mol. The Labute approximate surface area is 129 Å². The first-order chi connectivity index (χ1) is 9.97. The summed E-state index contributed by atoms with van der Waals surface area (Å²) in [5.74, 6) is 0. The van der Waals surface area contributed by atoms with Crippen LogP contribution in [0, 0.1) is 6.92 Å². The molecule has 0 aromatic heterocycles. The van der Waals surface area contributed by atoms with Crippen LogP contribution in [0.25, 0.3) is 0 Å². The van der Waals surface area contributed by atoms with E-state index in [1.807, 2.05) is 0 Å². The lowest BCUT2D eigenvalue weighted by atomic mass is 9.79. The van der Waals surface area contributed by atoms with E-state index in [0.29, 0.717) is 6.04 Å². The highest BCUT2D eigenvalue weighted by molar-refractivity contribution is 5.24. The maximum absolute atomic E-state index is 3.64. The number of hydrogen-bond acceptors (Lipinski definition) is 1. The molecule has 2 aromatic rings. The van der Waals surface area contributed by atoms with Gasteiger partial charge in [-0.1, -0.05) is 74.0 Å². The third kappa shape index (κ3) is 4.71. The minimum absolute atomic E-state index is 0.195. The van der Waals surface area contributed by atoms with Gasteiger partial charge in [0.15, 0.2) is 0 Å². The van der Waals surface area contributed by atoms with E-state index in [1.165, 1.54) is 16.7 Å². The SMILES string of the molecule is Cc1ccc(CNC(C)CC(C)(C)c2ccccc2)cc1. The van der Waals surface area contributed by atoms with Gasteiger partial charge in [0, 0.05) is 12.6 Å². The van der Waals surface area contributed by atoms with E-state index in [9.17, 15) is 0 Å². The monoisotopic (exact) mass is 281 g/mol. The molecule has 0 bridgehead atoms. The van der Waals surface area contributed by atoms with Gasteiger partial charge in [-0.05, 0) is 36.8 Å². The Hall–Kier alpha value is -1.60. The quantitative estimate of drug-likeness (QED) is 0.799. The first-order valence-electron chi connectivity index (χ1n) is 7.82. The van der Waals surface area contributed by atoms with E-state index in [0.717, 1.165) is 13.0 Å². The molecule has 1 nitrogen and oxygen atoms in total. The molecule has 1 heteroatoms. The van der Waals surface area contributed by atoms with Gasteiger partial charge in [-0.25, -0.2) is 0 Å². The number of hydrogen-bond donors (Lipinski definition) is 1. The molecule has 1 N–H and O–H groups in total. The topological polar surface area (TPSA) is 12.0 Å². The van der Waals surface area contributed by atoms with Crippen LogP contribution in [0.4, 0.5) is 0 Å². The summed E-state index contributed by atoms with van der Waals surface area (Å²) in [6, 6.07) is 20.0. The van der Waals surface area contributed by atoms with Crippen LogP contribution in [0.15, 0.2) is 54.6 Å². The van der Waals surface area contributed by atoms with Crippen molar-refractivity contribution in [2.75, 3.05) is 0 Å². The number of aryl methyl sites for hydroxylation is 1. The molecule has 0 radical (unpaired) electrons. The fourth-order valence-corrected chi connectivity index (χ4v) is 2.84. The molecule has 0 amide bonds. The largest absolute Gasteiger partial charge is 0.310 e. The van der Waals surface area contributed by atoms with E-state index < -0.39 is 0 Å². The molecule has 0 spiro atoms. The molecule has 1 unspecified atom stereocenters. The molecular weight excluding hydrogens is 254 g/mol. The summed E-state index contributed by atoms with van der Waals surface area (Å²) >= 11 is 0. The Kier molecular flexibility index (Phi) is 5.19. The predicted molar refractivity (Wildman–Crippen MR) is 91.6 cm³/mol. The van der Waals surface area contributed by atoms with Crippen LogP contribution in [0.1, 0.15) is 43.9 Å². The summed E-state index contributed by atoms with van der Waals surface area (Å²) in [5.41, 5.74) is 4.27. The van der Waals surface area contributed by atoms with Crippen molar-refractivity contribution >= 4 is 0 Å². The van der Waals surface area contributed by atoms with E-state index >= 15 is 0 Å². The third-order valence-corrected chi connectivity index (χ3v) is 4.15. The van der Waals surface area contributed by atoms with Crippen molar-refractivity contribution in [3.63, 3.8) is 0 Å². The molecule has 0 fully saturated rings. The van der Waals surface area contributed by atoms with Crippen LogP contribution in [0.5, 0.6) is 0 Å². The van der Waals surface area contributed by atoms with Crippen LogP contribution in [-0.4, -0.2) is 6.04 Å². The maximum atomic E-state index is 3.64. The van der Waals surface area contributed by atoms with Crippen molar-refractivity contribution in [3.8, 4) is 0 Å². The maximum Gasteiger partial charge on any atom is 0.0207 e. The highest BCUT2D eigenvalue weighted by Crippen LogP contribution is 2.28. The smallest absolute Gasteiger partial charge is 0.0207 e. The van der Waals surface area contributed by atoms with Gasteiger partial charge in [0.25, 0.3) is 0 Å². The highest BCUT2D eigenvalue weighted by Gasteiger charge is 2.22. The zero-order valence-corrected chi connectivity index (χ0v) is 13.7. The molecular formula is C20H27N. The summed E-state index contributed by atoms with van der Waals surface area (Å²) < 4.78 is 0. The van der Waals surface area contributed by atoms with Crippen LogP contribution >= 0.6 is 0 Å². The Morgan fingerprint density at radius 3 is 2.19 bits per heavy atom. The van der Waals surface area contributed by atoms with Crippen molar-refractivity contribution in [1.82, 2.24) is 5.32 Å². The van der Waals surface area contributed by atoms with Crippen molar-refractivity contribution in [2.45, 2.75) is 52.1 Å². The second-order valence-electron chi connectivity index (χ2n) is 6.72. The fraction of sp³-hybridized carbons (Fsp3) is 0.400. The third-order valence-electron chi connectivity index (χ3n) is 4.15. The van der Waals surface area contributed by atoms with Gasteiger partial charge in [-0.3, -0.25) is 0 Å². The fourth-order valence-electron chi connectivity index (χ4n) is 2.84. The second kappa shape index (κ2) is 6.91. The molecule has 112 valence electrons. The second-order valence-corrected chi connectivity index (χ2v) is 6.72. The van der Waals surface area contributed by atoms with Crippen LogP contribution in [0.2, 0.25) is 0 Å². The predicted octanol–water partition coefficient (Wildman–Crippen LogP) is 4.84.